The van der Waals surface area contributed by atoms with Crippen molar-refractivity contribution in [1.29, 1.82) is 0 Å². The van der Waals surface area contributed by atoms with Crippen LogP contribution in [0, 0.1) is 10.1 Å². The molecule has 0 fully saturated rings. The summed E-state index contributed by atoms with van der Waals surface area (Å²) in [5.74, 6) is -0.0594. The second kappa shape index (κ2) is 5.09. The molecule has 0 radical (unpaired) electrons. The van der Waals surface area contributed by atoms with Gasteiger partial charge in [-0.25, -0.2) is 0 Å². The molecule has 0 saturated carbocycles. The fraction of sp³-hybridized carbons (Fsp3) is 0.0909. The first-order valence-electron chi connectivity index (χ1n) is 4.92. The van der Waals surface area contributed by atoms with Crippen molar-refractivity contribution in [3.63, 3.8) is 0 Å². The highest BCUT2D eigenvalue weighted by atomic mass is 79.9. The van der Waals surface area contributed by atoms with Gasteiger partial charge >= 0.3 is 0 Å². The molecule has 1 aromatic carbocycles. The van der Waals surface area contributed by atoms with E-state index in [1.807, 2.05) is 0 Å². The molecule has 0 aliphatic rings. The van der Waals surface area contributed by atoms with E-state index in [0.29, 0.717) is 11.3 Å². The van der Waals surface area contributed by atoms with Crippen LogP contribution in [-0.4, -0.2) is 21.2 Å². The van der Waals surface area contributed by atoms with Gasteiger partial charge in [-0.1, -0.05) is 21.1 Å². The summed E-state index contributed by atoms with van der Waals surface area (Å²) in [6.45, 7) is 0. The first kappa shape index (κ1) is 12.4. The summed E-state index contributed by atoms with van der Waals surface area (Å²) in [4.78, 5) is 21.4. The largest absolute Gasteiger partial charge is 0.352 e. The third-order valence-corrected chi connectivity index (χ3v) is 2.79. The Morgan fingerprint density at radius 1 is 1.39 bits per heavy atom. The maximum Gasteiger partial charge on any atom is 0.269 e. The predicted octanol–water partition coefficient (Wildman–Crippen LogP) is 2.83. The third-order valence-electron chi connectivity index (χ3n) is 2.28. The molecule has 0 spiro atoms. The van der Waals surface area contributed by atoms with Gasteiger partial charge < -0.3 is 4.52 Å². The van der Waals surface area contributed by atoms with Crippen molar-refractivity contribution in [2.75, 3.05) is 5.33 Å². The number of Topliss-reactive ketones (excluding diaryl/α,β-unsaturated/α-hetero) is 1. The highest BCUT2D eigenvalue weighted by Crippen LogP contribution is 2.22. The fourth-order valence-electron chi connectivity index (χ4n) is 1.36. The zero-order chi connectivity index (χ0) is 13.1. The van der Waals surface area contributed by atoms with Crippen molar-refractivity contribution in [3.05, 3.63) is 46.2 Å². The Bertz CT molecular complexity index is 591. The highest BCUT2D eigenvalue weighted by molar-refractivity contribution is 9.09. The lowest BCUT2D eigenvalue weighted by Gasteiger charge is -1.94. The number of non-ortho nitro benzene ring substituents is 1. The van der Waals surface area contributed by atoms with Gasteiger partial charge in [0, 0.05) is 23.8 Å². The van der Waals surface area contributed by atoms with Crippen LogP contribution in [0.4, 0.5) is 5.69 Å². The van der Waals surface area contributed by atoms with Gasteiger partial charge in [-0.05, 0) is 12.1 Å². The standard InChI is InChI=1S/C11H7BrN2O4/c12-6-10(15)11-5-9(13-18-11)7-1-3-8(4-2-7)14(16)17/h1-5H,6H2. The van der Waals surface area contributed by atoms with Crippen LogP contribution in [-0.2, 0) is 0 Å². The minimum atomic E-state index is -0.480. The second-order valence-corrected chi connectivity index (χ2v) is 4.00. The van der Waals surface area contributed by atoms with Crippen LogP contribution in [0.25, 0.3) is 11.3 Å². The van der Waals surface area contributed by atoms with Crippen LogP contribution in [0.3, 0.4) is 0 Å². The van der Waals surface area contributed by atoms with Gasteiger partial charge in [0.05, 0.1) is 10.3 Å². The number of benzene rings is 1. The first-order chi connectivity index (χ1) is 8.61. The molecule has 0 amide bonds. The first-order valence-corrected chi connectivity index (χ1v) is 6.04. The molecule has 0 bridgehead atoms. The Kier molecular flexibility index (Phi) is 3.52. The van der Waals surface area contributed by atoms with Crippen molar-refractivity contribution in [2.45, 2.75) is 0 Å². The summed E-state index contributed by atoms with van der Waals surface area (Å²) >= 11 is 3.03. The molecular formula is C11H7BrN2O4. The minimum absolute atomic E-state index is 0.000923. The van der Waals surface area contributed by atoms with Crippen molar-refractivity contribution in [3.8, 4) is 11.3 Å². The van der Waals surface area contributed by atoms with Crippen LogP contribution >= 0.6 is 15.9 Å². The number of hydrogen-bond acceptors (Lipinski definition) is 5. The molecule has 7 heteroatoms. The average molecular weight is 311 g/mol. The number of hydrogen-bond donors (Lipinski definition) is 0. The zero-order valence-corrected chi connectivity index (χ0v) is 10.6. The van der Waals surface area contributed by atoms with Gasteiger partial charge in [0.15, 0.2) is 0 Å². The van der Waals surface area contributed by atoms with Crippen LogP contribution in [0.5, 0.6) is 0 Å². The summed E-state index contributed by atoms with van der Waals surface area (Å²) < 4.78 is 4.89. The number of carbonyl (C=O) groups is 1. The summed E-state index contributed by atoms with van der Waals surface area (Å²) in [5, 5.41) is 14.4. The lowest BCUT2D eigenvalue weighted by atomic mass is 10.1. The molecule has 0 atom stereocenters. The number of nitrogens with zero attached hydrogens (tertiary/aromatic N) is 2. The topological polar surface area (TPSA) is 86.2 Å². The van der Waals surface area contributed by atoms with E-state index in [1.54, 1.807) is 12.1 Å². The van der Waals surface area contributed by atoms with Crippen molar-refractivity contribution < 1.29 is 14.2 Å². The Morgan fingerprint density at radius 2 is 2.06 bits per heavy atom. The van der Waals surface area contributed by atoms with E-state index >= 15 is 0 Å². The summed E-state index contributed by atoms with van der Waals surface area (Å²) in [5.41, 5.74) is 1.12. The molecular weight excluding hydrogens is 304 g/mol. The van der Waals surface area contributed by atoms with Gasteiger partial charge in [0.1, 0.15) is 5.69 Å². The Labute approximate surface area is 110 Å². The number of alkyl halides is 1. The fourth-order valence-corrected chi connectivity index (χ4v) is 1.64. The lowest BCUT2D eigenvalue weighted by Crippen LogP contribution is -1.96. The Hall–Kier alpha value is -2.02. The number of aromatic nitrogens is 1. The molecule has 0 saturated heterocycles. The molecule has 92 valence electrons. The molecule has 2 aromatic rings. The third kappa shape index (κ3) is 2.45. The number of ketones is 1. The van der Waals surface area contributed by atoms with Crippen molar-refractivity contribution in [1.82, 2.24) is 5.16 Å². The lowest BCUT2D eigenvalue weighted by molar-refractivity contribution is -0.384. The molecule has 0 aliphatic heterocycles. The van der Waals surface area contributed by atoms with Crippen molar-refractivity contribution in [2.24, 2.45) is 0 Å². The maximum atomic E-state index is 11.3. The van der Waals surface area contributed by atoms with E-state index in [2.05, 4.69) is 21.1 Å². The zero-order valence-electron chi connectivity index (χ0n) is 9.00. The number of carbonyl (C=O) groups excluding carboxylic acids is 1. The van der Waals surface area contributed by atoms with E-state index in [0.717, 1.165) is 0 Å². The van der Waals surface area contributed by atoms with E-state index in [4.69, 9.17) is 4.52 Å². The van der Waals surface area contributed by atoms with Gasteiger partial charge in [0.2, 0.25) is 11.5 Å². The summed E-state index contributed by atoms with van der Waals surface area (Å²) in [6.07, 6.45) is 0. The number of nitro benzene ring substituents is 1. The van der Waals surface area contributed by atoms with Crippen LogP contribution < -0.4 is 0 Å². The van der Waals surface area contributed by atoms with Gasteiger partial charge in [-0.2, -0.15) is 0 Å². The van der Waals surface area contributed by atoms with Gasteiger partial charge in [0.25, 0.3) is 5.69 Å². The molecule has 0 aliphatic carbocycles. The summed E-state index contributed by atoms with van der Waals surface area (Å²) in [7, 11) is 0. The van der Waals surface area contributed by atoms with E-state index < -0.39 is 4.92 Å². The van der Waals surface area contributed by atoms with Crippen LogP contribution in [0.2, 0.25) is 0 Å². The SMILES string of the molecule is O=C(CBr)c1cc(-c2ccc([N+](=O)[O-])cc2)no1. The molecule has 0 N–H and O–H groups in total. The number of nitro groups is 1. The van der Waals surface area contributed by atoms with E-state index in [9.17, 15) is 14.9 Å². The molecule has 18 heavy (non-hydrogen) atoms. The number of halogens is 1. The second-order valence-electron chi connectivity index (χ2n) is 3.44. The van der Waals surface area contributed by atoms with Crippen molar-refractivity contribution >= 4 is 27.4 Å². The Balaban J connectivity index is 2.29. The average Bonchev–Trinajstić information content (AvgIpc) is 2.87. The van der Waals surface area contributed by atoms with Crippen LogP contribution in [0.1, 0.15) is 10.6 Å². The van der Waals surface area contributed by atoms with Gasteiger partial charge in [-0.3, -0.25) is 14.9 Å². The monoisotopic (exact) mass is 310 g/mol. The maximum absolute atomic E-state index is 11.3. The Morgan fingerprint density at radius 3 is 2.61 bits per heavy atom. The quantitative estimate of drug-likeness (QED) is 0.375. The predicted molar refractivity (Wildman–Crippen MR) is 66.7 cm³/mol. The molecule has 6 nitrogen and oxygen atoms in total. The number of rotatable bonds is 4. The van der Waals surface area contributed by atoms with E-state index in [-0.39, 0.29) is 22.6 Å². The summed E-state index contributed by atoms with van der Waals surface area (Å²) in [6, 6.07) is 7.35. The van der Waals surface area contributed by atoms with Gasteiger partial charge in [-0.15, -0.1) is 0 Å². The highest BCUT2D eigenvalue weighted by Gasteiger charge is 2.13. The smallest absolute Gasteiger partial charge is 0.269 e. The molecule has 2 rings (SSSR count). The van der Waals surface area contributed by atoms with Crippen LogP contribution in [0.15, 0.2) is 34.9 Å². The molecule has 1 heterocycles. The minimum Gasteiger partial charge on any atom is -0.352 e. The molecule has 1 aromatic heterocycles. The van der Waals surface area contributed by atoms with E-state index in [1.165, 1.54) is 18.2 Å². The normalized spacial score (nSPS) is 10.3. The molecule has 0 unspecified atom stereocenters.